The van der Waals surface area contributed by atoms with Crippen molar-refractivity contribution in [3.05, 3.63) is 60.7 Å². The first kappa shape index (κ1) is 19.1. The smallest absolute Gasteiger partial charge is 0.139 e. The molecule has 5 rings (SSSR count). The van der Waals surface area contributed by atoms with Crippen LogP contribution in [0.1, 0.15) is 18.5 Å². The number of aromatic nitrogens is 4. The van der Waals surface area contributed by atoms with Gasteiger partial charge in [-0.05, 0) is 49.6 Å². The second kappa shape index (κ2) is 8.39. The number of pyridine rings is 1. The van der Waals surface area contributed by atoms with Crippen molar-refractivity contribution in [3.8, 4) is 11.1 Å². The van der Waals surface area contributed by atoms with Crippen LogP contribution < -0.4 is 10.2 Å². The monoisotopic (exact) mass is 388 g/mol. The molecule has 0 unspecified atom stereocenters. The molecule has 4 aromatic rings. The highest BCUT2D eigenvalue weighted by Crippen LogP contribution is 2.34. The molecular formula is C23H28N6. The van der Waals surface area contributed by atoms with Crippen molar-refractivity contribution in [1.82, 2.24) is 19.7 Å². The molecule has 0 saturated carbocycles. The Kier molecular flexibility index (Phi) is 5.51. The van der Waals surface area contributed by atoms with E-state index >= 15 is 0 Å². The van der Waals surface area contributed by atoms with Crippen molar-refractivity contribution in [2.24, 2.45) is 7.05 Å². The van der Waals surface area contributed by atoms with E-state index in [1.165, 1.54) is 42.7 Å². The molecule has 0 bridgehead atoms. The Morgan fingerprint density at radius 3 is 2.59 bits per heavy atom. The number of rotatable bonds is 3. The highest BCUT2D eigenvalue weighted by atomic mass is 15.2. The number of hydrogen-bond donors (Lipinski definition) is 2. The zero-order valence-corrected chi connectivity index (χ0v) is 17.3. The zero-order chi connectivity index (χ0) is 20.2. The van der Waals surface area contributed by atoms with Crippen LogP contribution in [0.15, 0.2) is 55.0 Å². The fourth-order valence-electron chi connectivity index (χ4n) is 3.87. The lowest BCUT2D eigenvalue weighted by atomic mass is 10.0. The summed E-state index contributed by atoms with van der Waals surface area (Å²) in [7, 11) is 3.86. The topological polar surface area (TPSA) is 61.8 Å². The van der Waals surface area contributed by atoms with E-state index in [1.807, 2.05) is 45.5 Å². The van der Waals surface area contributed by atoms with Gasteiger partial charge in [0.25, 0.3) is 0 Å². The van der Waals surface area contributed by atoms with Crippen LogP contribution in [-0.2, 0) is 7.05 Å². The number of anilines is 2. The van der Waals surface area contributed by atoms with Gasteiger partial charge in [0, 0.05) is 68.1 Å². The molecule has 1 fully saturated rings. The van der Waals surface area contributed by atoms with Gasteiger partial charge in [0.05, 0.1) is 5.69 Å². The van der Waals surface area contributed by atoms with Gasteiger partial charge in [0.15, 0.2) is 0 Å². The number of aryl methyl sites for hydroxylation is 2. The minimum Gasteiger partial charge on any atom is -0.387 e. The molecule has 1 saturated heterocycles. The maximum absolute atomic E-state index is 4.43. The summed E-state index contributed by atoms with van der Waals surface area (Å²) in [6.45, 7) is 4.31. The van der Waals surface area contributed by atoms with Crippen molar-refractivity contribution in [2.75, 3.05) is 30.4 Å². The van der Waals surface area contributed by atoms with Gasteiger partial charge in [0.2, 0.25) is 0 Å². The molecular weight excluding hydrogens is 360 g/mol. The van der Waals surface area contributed by atoms with Gasteiger partial charge in [-0.15, -0.1) is 0 Å². The fourth-order valence-corrected chi connectivity index (χ4v) is 3.87. The molecule has 150 valence electrons. The average molecular weight is 389 g/mol. The van der Waals surface area contributed by atoms with Crippen molar-refractivity contribution >= 4 is 22.4 Å². The van der Waals surface area contributed by atoms with Crippen molar-refractivity contribution in [2.45, 2.75) is 19.8 Å². The Morgan fingerprint density at radius 2 is 1.93 bits per heavy atom. The van der Waals surface area contributed by atoms with E-state index < -0.39 is 0 Å². The molecule has 0 aliphatic carbocycles. The van der Waals surface area contributed by atoms with Crippen LogP contribution in [0.3, 0.4) is 0 Å². The number of fused-ring (bicyclic) bond motifs is 1. The minimum absolute atomic E-state index is 0.924. The van der Waals surface area contributed by atoms with Gasteiger partial charge in [-0.25, -0.2) is 4.98 Å². The number of nitrogens with one attached hydrogen (secondary N) is 2. The number of aromatic amines is 1. The first-order chi connectivity index (χ1) is 14.2. The third-order valence-electron chi connectivity index (χ3n) is 5.32. The van der Waals surface area contributed by atoms with Gasteiger partial charge in [-0.2, -0.15) is 5.10 Å². The summed E-state index contributed by atoms with van der Waals surface area (Å²) in [5.41, 5.74) is 6.86. The molecule has 29 heavy (non-hydrogen) atoms. The van der Waals surface area contributed by atoms with Crippen LogP contribution in [0.25, 0.3) is 22.2 Å². The molecule has 4 heterocycles. The van der Waals surface area contributed by atoms with Crippen molar-refractivity contribution in [3.63, 3.8) is 0 Å². The molecule has 1 aliphatic rings. The summed E-state index contributed by atoms with van der Waals surface area (Å²) in [6, 6.07) is 12.8. The summed E-state index contributed by atoms with van der Waals surface area (Å²) in [6.07, 6.45) is 8.41. The third-order valence-corrected chi connectivity index (χ3v) is 5.32. The molecule has 1 aromatic carbocycles. The Bertz CT molecular complexity index is 1070. The van der Waals surface area contributed by atoms with E-state index in [2.05, 4.69) is 55.7 Å². The lowest BCUT2D eigenvalue weighted by Crippen LogP contribution is -2.17. The van der Waals surface area contributed by atoms with E-state index in [0.29, 0.717) is 0 Å². The molecule has 6 nitrogen and oxygen atoms in total. The van der Waals surface area contributed by atoms with E-state index in [1.54, 1.807) is 4.68 Å². The van der Waals surface area contributed by atoms with Crippen molar-refractivity contribution in [1.29, 1.82) is 0 Å². The summed E-state index contributed by atoms with van der Waals surface area (Å²) < 4.78 is 1.79. The number of benzene rings is 1. The maximum atomic E-state index is 4.43. The largest absolute Gasteiger partial charge is 0.387 e. The first-order valence-corrected chi connectivity index (χ1v) is 10.1. The SMILES string of the molecule is CNc1ccnc2[nH]cc(-c3cccc(N4CCCC4)c3)c12.Cc1ccn(C)n1. The second-order valence-corrected chi connectivity index (χ2v) is 7.41. The summed E-state index contributed by atoms with van der Waals surface area (Å²) >= 11 is 0. The van der Waals surface area contributed by atoms with Crippen LogP contribution >= 0.6 is 0 Å². The molecule has 1 aliphatic heterocycles. The van der Waals surface area contributed by atoms with Gasteiger partial charge >= 0.3 is 0 Å². The van der Waals surface area contributed by atoms with Gasteiger partial charge in [-0.1, -0.05) is 12.1 Å². The standard InChI is InChI=1S/C18H20N4.C5H8N2/c1-19-16-7-8-20-18-17(16)15(12-21-18)13-5-4-6-14(11-13)22-9-2-3-10-22;1-5-3-4-7(2)6-5/h4-8,11-12H,2-3,9-10H2,1H3,(H2,19,20,21);3-4H,1-2H3. The predicted molar refractivity (Wildman–Crippen MR) is 120 cm³/mol. The number of hydrogen-bond acceptors (Lipinski definition) is 4. The lowest BCUT2D eigenvalue weighted by molar-refractivity contribution is 0.756. The van der Waals surface area contributed by atoms with E-state index in [9.17, 15) is 0 Å². The second-order valence-electron chi connectivity index (χ2n) is 7.41. The van der Waals surface area contributed by atoms with Gasteiger partial charge < -0.3 is 15.2 Å². The summed E-state index contributed by atoms with van der Waals surface area (Å²) in [5, 5.41) is 8.45. The van der Waals surface area contributed by atoms with Gasteiger partial charge in [-0.3, -0.25) is 4.68 Å². The number of H-pyrrole nitrogens is 1. The Hall–Kier alpha value is -3.28. The molecule has 0 atom stereocenters. The zero-order valence-electron chi connectivity index (χ0n) is 17.3. The highest BCUT2D eigenvalue weighted by molar-refractivity contribution is 6.02. The van der Waals surface area contributed by atoms with Crippen LogP contribution in [0, 0.1) is 6.92 Å². The van der Waals surface area contributed by atoms with Crippen LogP contribution in [0.5, 0.6) is 0 Å². The normalized spacial score (nSPS) is 13.4. The quantitative estimate of drug-likeness (QED) is 0.538. The molecule has 2 N–H and O–H groups in total. The Labute approximate surface area is 171 Å². The summed E-state index contributed by atoms with van der Waals surface area (Å²) in [5.74, 6) is 0. The van der Waals surface area contributed by atoms with Gasteiger partial charge in [0.1, 0.15) is 5.65 Å². The molecule has 0 radical (unpaired) electrons. The molecule has 3 aromatic heterocycles. The maximum Gasteiger partial charge on any atom is 0.139 e. The lowest BCUT2D eigenvalue weighted by Gasteiger charge is -2.18. The average Bonchev–Trinajstić information content (AvgIpc) is 3.49. The van der Waals surface area contributed by atoms with E-state index in [0.717, 1.165) is 22.4 Å². The first-order valence-electron chi connectivity index (χ1n) is 10.1. The fraction of sp³-hybridized carbons (Fsp3) is 0.304. The Balaban J connectivity index is 0.000000249. The molecule has 0 spiro atoms. The summed E-state index contributed by atoms with van der Waals surface area (Å²) in [4.78, 5) is 10.2. The molecule has 0 amide bonds. The molecule has 6 heteroatoms. The third kappa shape index (κ3) is 4.11. The Morgan fingerprint density at radius 1 is 1.10 bits per heavy atom. The van der Waals surface area contributed by atoms with Crippen LogP contribution in [0.2, 0.25) is 0 Å². The minimum atomic E-state index is 0.924. The van der Waals surface area contributed by atoms with E-state index in [4.69, 9.17) is 0 Å². The predicted octanol–water partition coefficient (Wildman–Crippen LogP) is 4.60. The van der Waals surface area contributed by atoms with Crippen molar-refractivity contribution < 1.29 is 0 Å². The van der Waals surface area contributed by atoms with Crippen LogP contribution in [0.4, 0.5) is 11.4 Å². The van der Waals surface area contributed by atoms with E-state index in [-0.39, 0.29) is 0 Å². The highest BCUT2D eigenvalue weighted by Gasteiger charge is 2.15. The number of nitrogens with zero attached hydrogens (tertiary/aromatic N) is 4. The van der Waals surface area contributed by atoms with Crippen LogP contribution in [-0.4, -0.2) is 39.9 Å².